The Morgan fingerprint density at radius 3 is 2.34 bits per heavy atom. The fourth-order valence-electron chi connectivity index (χ4n) is 4.35. The van der Waals surface area contributed by atoms with Gasteiger partial charge in [-0.05, 0) is 41.8 Å². The fourth-order valence-corrected chi connectivity index (χ4v) is 4.35. The Hall–Kier alpha value is -3.17. The van der Waals surface area contributed by atoms with E-state index in [0.29, 0.717) is 40.7 Å². The molecule has 0 radical (unpaired) electrons. The lowest BCUT2D eigenvalue weighted by molar-refractivity contribution is -0.147. The van der Waals surface area contributed by atoms with Crippen LogP contribution in [0, 0.1) is 11.8 Å². The van der Waals surface area contributed by atoms with E-state index in [1.807, 2.05) is 0 Å². The summed E-state index contributed by atoms with van der Waals surface area (Å²) in [6.07, 6.45) is -1.57. The van der Waals surface area contributed by atoms with Gasteiger partial charge in [-0.25, -0.2) is 0 Å². The summed E-state index contributed by atoms with van der Waals surface area (Å²) in [6.45, 7) is -0.248. The van der Waals surface area contributed by atoms with E-state index >= 15 is 0 Å². The van der Waals surface area contributed by atoms with Gasteiger partial charge in [-0.1, -0.05) is 6.07 Å². The first kappa shape index (κ1) is 22.0. The molecule has 0 aromatic heterocycles. The number of hydrogen-bond acceptors (Lipinski definition) is 9. The van der Waals surface area contributed by atoms with Crippen molar-refractivity contribution in [1.29, 1.82) is 0 Å². The van der Waals surface area contributed by atoms with Crippen molar-refractivity contribution in [2.24, 2.45) is 11.8 Å². The lowest BCUT2D eigenvalue weighted by atomic mass is 9.80. The van der Waals surface area contributed by atoms with E-state index in [-0.39, 0.29) is 13.4 Å². The molecule has 2 heterocycles. The van der Waals surface area contributed by atoms with Gasteiger partial charge >= 0.3 is 5.97 Å². The number of ether oxygens (including phenoxy) is 6. The van der Waals surface area contributed by atoms with Gasteiger partial charge in [0.05, 0.1) is 40.0 Å². The highest BCUT2D eigenvalue weighted by molar-refractivity contribution is 5.76. The molecule has 1 saturated heterocycles. The third-order valence-electron chi connectivity index (χ3n) is 5.93. The molecule has 9 nitrogen and oxygen atoms in total. The van der Waals surface area contributed by atoms with Gasteiger partial charge in [-0.15, -0.1) is 0 Å². The van der Waals surface area contributed by atoms with Crippen LogP contribution in [-0.2, 0) is 16.0 Å². The van der Waals surface area contributed by atoms with Crippen LogP contribution in [-0.4, -0.2) is 57.0 Å². The summed E-state index contributed by atoms with van der Waals surface area (Å²) in [5.41, 5.74) is 1.29. The SMILES string of the molecule is COc1cc(CC2C(CO)OC(=O)C2C(O)c2ccc3c(c2)OCO3)cc(OC)c1OC. The predicted molar refractivity (Wildman–Crippen MR) is 111 cm³/mol. The van der Waals surface area contributed by atoms with E-state index in [4.69, 9.17) is 28.4 Å². The largest absolute Gasteiger partial charge is 0.493 e. The Morgan fingerprint density at radius 2 is 1.72 bits per heavy atom. The van der Waals surface area contributed by atoms with Crippen LogP contribution < -0.4 is 23.7 Å². The number of rotatable bonds is 8. The molecule has 0 saturated carbocycles. The third kappa shape index (κ3) is 3.89. The van der Waals surface area contributed by atoms with Crippen molar-refractivity contribution in [3.63, 3.8) is 0 Å². The second-order valence-corrected chi connectivity index (χ2v) is 7.64. The normalized spacial score (nSPS) is 22.4. The summed E-state index contributed by atoms with van der Waals surface area (Å²) in [7, 11) is 4.56. The summed E-state index contributed by atoms with van der Waals surface area (Å²) in [5.74, 6) is 0.549. The quantitative estimate of drug-likeness (QED) is 0.587. The van der Waals surface area contributed by atoms with Gasteiger partial charge in [0.25, 0.3) is 0 Å². The zero-order chi connectivity index (χ0) is 22.8. The molecule has 4 unspecified atom stereocenters. The molecule has 2 aromatic rings. The topological polar surface area (TPSA) is 113 Å². The van der Waals surface area contributed by atoms with Gasteiger partial charge in [0.2, 0.25) is 12.5 Å². The molecule has 9 heteroatoms. The lowest BCUT2D eigenvalue weighted by Gasteiger charge is -2.24. The summed E-state index contributed by atoms with van der Waals surface area (Å²) < 4.78 is 32.3. The van der Waals surface area contributed by atoms with Crippen molar-refractivity contribution in [3.05, 3.63) is 41.5 Å². The number of fused-ring (bicyclic) bond motifs is 1. The predicted octanol–water partition coefficient (Wildman–Crippen LogP) is 1.87. The molecule has 2 aliphatic rings. The van der Waals surface area contributed by atoms with E-state index in [1.54, 1.807) is 30.3 Å². The molecule has 0 spiro atoms. The minimum absolute atomic E-state index is 0.108. The molecule has 0 amide bonds. The lowest BCUT2D eigenvalue weighted by Crippen LogP contribution is -2.30. The Kier molecular flexibility index (Phi) is 6.29. The van der Waals surface area contributed by atoms with Crippen LogP contribution in [0.1, 0.15) is 17.2 Å². The second kappa shape index (κ2) is 9.13. The highest BCUT2D eigenvalue weighted by Crippen LogP contribution is 2.44. The van der Waals surface area contributed by atoms with Gasteiger partial charge in [0.15, 0.2) is 23.0 Å². The summed E-state index contributed by atoms with van der Waals surface area (Å²) >= 11 is 0. The number of aliphatic hydroxyl groups excluding tert-OH is 2. The Bertz CT molecular complexity index is 964. The first-order chi connectivity index (χ1) is 15.5. The van der Waals surface area contributed by atoms with Crippen molar-refractivity contribution in [3.8, 4) is 28.7 Å². The van der Waals surface area contributed by atoms with Crippen LogP contribution in [0.2, 0.25) is 0 Å². The highest BCUT2D eigenvalue weighted by atomic mass is 16.7. The molecule has 0 bridgehead atoms. The van der Waals surface area contributed by atoms with E-state index in [9.17, 15) is 15.0 Å². The maximum absolute atomic E-state index is 12.7. The molecule has 172 valence electrons. The zero-order valence-electron chi connectivity index (χ0n) is 18.1. The van der Waals surface area contributed by atoms with Gasteiger partial charge < -0.3 is 38.6 Å². The van der Waals surface area contributed by atoms with Crippen molar-refractivity contribution in [1.82, 2.24) is 0 Å². The average Bonchev–Trinajstić information content (AvgIpc) is 3.41. The number of esters is 1. The van der Waals surface area contributed by atoms with Crippen LogP contribution in [0.15, 0.2) is 30.3 Å². The highest BCUT2D eigenvalue weighted by Gasteiger charge is 2.48. The number of benzene rings is 2. The molecular weight excluding hydrogens is 420 g/mol. The first-order valence-electron chi connectivity index (χ1n) is 10.2. The molecule has 0 aliphatic carbocycles. The van der Waals surface area contributed by atoms with Crippen LogP contribution >= 0.6 is 0 Å². The standard InChI is InChI=1S/C23H26O9/c1-27-17-7-12(8-18(28-2)22(17)29-3)6-14-19(10-24)32-23(26)20(14)21(25)13-4-5-15-16(9-13)31-11-30-15/h4-5,7-9,14,19-21,24-25H,6,10-11H2,1-3H3. The average molecular weight is 446 g/mol. The summed E-state index contributed by atoms with van der Waals surface area (Å²) in [4.78, 5) is 12.7. The molecular formula is C23H26O9. The van der Waals surface area contributed by atoms with Crippen LogP contribution in [0.5, 0.6) is 28.7 Å². The first-order valence-corrected chi connectivity index (χ1v) is 10.2. The molecule has 4 atom stereocenters. The Balaban J connectivity index is 1.65. The van der Waals surface area contributed by atoms with Gasteiger partial charge in [-0.3, -0.25) is 4.79 Å². The minimum Gasteiger partial charge on any atom is -0.493 e. The van der Waals surface area contributed by atoms with Crippen LogP contribution in [0.3, 0.4) is 0 Å². The van der Waals surface area contributed by atoms with Gasteiger partial charge in [0.1, 0.15) is 6.10 Å². The molecule has 2 N–H and O–H groups in total. The summed E-state index contributed by atoms with van der Waals surface area (Å²) in [5, 5.41) is 21.0. The minimum atomic E-state index is -1.15. The second-order valence-electron chi connectivity index (χ2n) is 7.64. The fraction of sp³-hybridized carbons (Fsp3) is 0.435. The Labute approximate surface area is 185 Å². The van der Waals surface area contributed by atoms with Crippen molar-refractivity contribution in [2.45, 2.75) is 18.6 Å². The maximum Gasteiger partial charge on any atom is 0.312 e. The van der Waals surface area contributed by atoms with Crippen molar-refractivity contribution < 1.29 is 43.4 Å². The molecule has 2 aromatic carbocycles. The smallest absolute Gasteiger partial charge is 0.312 e. The maximum atomic E-state index is 12.7. The zero-order valence-corrected chi connectivity index (χ0v) is 18.1. The van der Waals surface area contributed by atoms with E-state index in [2.05, 4.69) is 0 Å². The number of aliphatic hydroxyl groups is 2. The number of cyclic esters (lactones) is 1. The molecule has 1 fully saturated rings. The monoisotopic (exact) mass is 446 g/mol. The van der Waals surface area contributed by atoms with E-state index < -0.39 is 30.0 Å². The van der Waals surface area contributed by atoms with Gasteiger partial charge in [-0.2, -0.15) is 0 Å². The van der Waals surface area contributed by atoms with Crippen LogP contribution in [0.4, 0.5) is 0 Å². The number of carbonyl (C=O) groups is 1. The molecule has 4 rings (SSSR count). The van der Waals surface area contributed by atoms with Crippen molar-refractivity contribution >= 4 is 5.97 Å². The van der Waals surface area contributed by atoms with Crippen LogP contribution in [0.25, 0.3) is 0 Å². The number of hydrogen-bond donors (Lipinski definition) is 2. The third-order valence-corrected chi connectivity index (χ3v) is 5.93. The summed E-state index contributed by atoms with van der Waals surface area (Å²) in [6, 6.07) is 8.60. The number of carbonyl (C=O) groups excluding carboxylic acids is 1. The van der Waals surface area contributed by atoms with E-state index in [0.717, 1.165) is 5.56 Å². The number of methoxy groups -OCH3 is 3. The molecule has 32 heavy (non-hydrogen) atoms. The van der Waals surface area contributed by atoms with E-state index in [1.165, 1.54) is 21.3 Å². The van der Waals surface area contributed by atoms with Crippen molar-refractivity contribution in [2.75, 3.05) is 34.7 Å². The Morgan fingerprint density at radius 1 is 1.03 bits per heavy atom. The van der Waals surface area contributed by atoms with Gasteiger partial charge in [0, 0.05) is 5.92 Å². The molecule has 2 aliphatic heterocycles.